The zero-order valence-corrected chi connectivity index (χ0v) is 11.7. The van der Waals surface area contributed by atoms with Gasteiger partial charge >= 0.3 is 0 Å². The maximum atomic E-state index is 10.8. The molecule has 4 heteroatoms. The average Bonchev–Trinajstić information content (AvgIpc) is 2.45. The highest BCUT2D eigenvalue weighted by Gasteiger charge is 2.09. The lowest BCUT2D eigenvalue weighted by Crippen LogP contribution is -2.22. The Balaban J connectivity index is 2.22. The molecule has 2 aromatic carbocycles. The summed E-state index contributed by atoms with van der Waals surface area (Å²) in [5, 5.41) is 10.8. The standard InChI is InChI=1S/C16H18N2O2/c1-3-17(15-8-4-6-13(2)10-15)12-14-7-5-9-16(11-14)18(19)20/h4-11H,3,12H2,1-2H3. The number of hydrogen-bond acceptors (Lipinski definition) is 3. The van der Waals surface area contributed by atoms with Crippen LogP contribution < -0.4 is 4.90 Å². The molecule has 0 aromatic heterocycles. The molecule has 0 fully saturated rings. The zero-order chi connectivity index (χ0) is 14.5. The van der Waals surface area contributed by atoms with Gasteiger partial charge in [0, 0.05) is 30.9 Å². The van der Waals surface area contributed by atoms with Crippen LogP contribution in [0.25, 0.3) is 0 Å². The van der Waals surface area contributed by atoms with Gasteiger partial charge in [-0.2, -0.15) is 0 Å². The van der Waals surface area contributed by atoms with E-state index in [4.69, 9.17) is 0 Å². The largest absolute Gasteiger partial charge is 0.367 e. The van der Waals surface area contributed by atoms with Gasteiger partial charge < -0.3 is 4.90 Å². The highest BCUT2D eigenvalue weighted by molar-refractivity contribution is 5.49. The monoisotopic (exact) mass is 270 g/mol. The lowest BCUT2D eigenvalue weighted by molar-refractivity contribution is -0.384. The third-order valence-electron chi connectivity index (χ3n) is 3.24. The molecule has 0 heterocycles. The van der Waals surface area contributed by atoms with E-state index in [1.165, 1.54) is 11.6 Å². The number of nitrogens with zero attached hydrogens (tertiary/aromatic N) is 2. The van der Waals surface area contributed by atoms with Crippen LogP contribution in [0.15, 0.2) is 48.5 Å². The maximum absolute atomic E-state index is 10.8. The van der Waals surface area contributed by atoms with Crippen molar-refractivity contribution in [3.8, 4) is 0 Å². The lowest BCUT2D eigenvalue weighted by Gasteiger charge is -2.23. The summed E-state index contributed by atoms with van der Waals surface area (Å²) in [6, 6.07) is 15.1. The smallest absolute Gasteiger partial charge is 0.269 e. The van der Waals surface area contributed by atoms with Gasteiger partial charge in [-0.3, -0.25) is 10.1 Å². The van der Waals surface area contributed by atoms with Crippen molar-refractivity contribution in [2.75, 3.05) is 11.4 Å². The molecule has 0 aliphatic carbocycles. The van der Waals surface area contributed by atoms with Crippen molar-refractivity contribution in [1.82, 2.24) is 0 Å². The van der Waals surface area contributed by atoms with Crippen LogP contribution in [0.3, 0.4) is 0 Å². The number of anilines is 1. The minimum atomic E-state index is -0.355. The third kappa shape index (κ3) is 3.35. The Hall–Kier alpha value is -2.36. The molecule has 2 aromatic rings. The number of hydrogen-bond donors (Lipinski definition) is 0. The number of non-ortho nitro benzene ring substituents is 1. The Kier molecular flexibility index (Phi) is 4.35. The second-order valence-corrected chi connectivity index (χ2v) is 4.78. The van der Waals surface area contributed by atoms with Gasteiger partial charge in [0.1, 0.15) is 0 Å². The van der Waals surface area contributed by atoms with Crippen molar-refractivity contribution in [2.45, 2.75) is 20.4 Å². The van der Waals surface area contributed by atoms with Gasteiger partial charge in [-0.25, -0.2) is 0 Å². The predicted molar refractivity (Wildman–Crippen MR) is 81.0 cm³/mol. The Morgan fingerprint density at radius 2 is 1.90 bits per heavy atom. The summed E-state index contributed by atoms with van der Waals surface area (Å²) >= 11 is 0. The van der Waals surface area contributed by atoms with E-state index in [9.17, 15) is 10.1 Å². The molecule has 0 bridgehead atoms. The predicted octanol–water partition coefficient (Wildman–Crippen LogP) is 3.93. The molecule has 0 N–H and O–H groups in total. The van der Waals surface area contributed by atoms with Gasteiger partial charge in [0.2, 0.25) is 0 Å². The topological polar surface area (TPSA) is 46.4 Å². The number of nitro benzene ring substituents is 1. The average molecular weight is 270 g/mol. The highest BCUT2D eigenvalue weighted by atomic mass is 16.6. The van der Waals surface area contributed by atoms with Crippen molar-refractivity contribution < 1.29 is 4.92 Å². The summed E-state index contributed by atoms with van der Waals surface area (Å²) in [5.41, 5.74) is 3.43. The fraction of sp³-hybridized carbons (Fsp3) is 0.250. The van der Waals surface area contributed by atoms with E-state index in [0.29, 0.717) is 6.54 Å². The van der Waals surface area contributed by atoms with E-state index < -0.39 is 0 Å². The first-order valence-corrected chi connectivity index (χ1v) is 6.65. The SMILES string of the molecule is CCN(Cc1cccc([N+](=O)[O-])c1)c1cccc(C)c1. The van der Waals surface area contributed by atoms with Gasteiger partial charge in [-0.05, 0) is 37.1 Å². The summed E-state index contributed by atoms with van der Waals surface area (Å²) in [5.74, 6) is 0. The van der Waals surface area contributed by atoms with Crippen LogP contribution in [0.4, 0.5) is 11.4 Å². The minimum absolute atomic E-state index is 0.141. The first-order chi connectivity index (χ1) is 9.60. The van der Waals surface area contributed by atoms with Crippen LogP contribution in [0.5, 0.6) is 0 Å². The fourth-order valence-corrected chi connectivity index (χ4v) is 2.20. The van der Waals surface area contributed by atoms with Gasteiger partial charge in [0.15, 0.2) is 0 Å². The van der Waals surface area contributed by atoms with Crippen LogP contribution in [0.2, 0.25) is 0 Å². The van der Waals surface area contributed by atoms with Crippen molar-refractivity contribution in [3.05, 3.63) is 69.8 Å². The van der Waals surface area contributed by atoms with Gasteiger partial charge in [-0.15, -0.1) is 0 Å². The molecule has 0 saturated heterocycles. The minimum Gasteiger partial charge on any atom is -0.367 e. The fourth-order valence-electron chi connectivity index (χ4n) is 2.20. The Morgan fingerprint density at radius 1 is 1.15 bits per heavy atom. The van der Waals surface area contributed by atoms with E-state index in [0.717, 1.165) is 17.8 Å². The number of rotatable bonds is 5. The molecule has 0 atom stereocenters. The summed E-state index contributed by atoms with van der Waals surface area (Å²) in [6.45, 7) is 5.66. The Labute approximate surface area is 118 Å². The molecule has 0 saturated carbocycles. The maximum Gasteiger partial charge on any atom is 0.269 e. The summed E-state index contributed by atoms with van der Waals surface area (Å²) in [6.07, 6.45) is 0. The lowest BCUT2D eigenvalue weighted by atomic mass is 10.1. The van der Waals surface area contributed by atoms with Crippen LogP contribution in [-0.4, -0.2) is 11.5 Å². The first-order valence-electron chi connectivity index (χ1n) is 6.65. The summed E-state index contributed by atoms with van der Waals surface area (Å²) < 4.78 is 0. The second kappa shape index (κ2) is 6.19. The van der Waals surface area contributed by atoms with Gasteiger partial charge in [-0.1, -0.05) is 24.3 Å². The molecular weight excluding hydrogens is 252 g/mol. The molecule has 0 aliphatic heterocycles. The molecule has 0 aliphatic rings. The van der Waals surface area contributed by atoms with Crippen molar-refractivity contribution >= 4 is 11.4 Å². The zero-order valence-electron chi connectivity index (χ0n) is 11.7. The molecule has 104 valence electrons. The Bertz CT molecular complexity index is 611. The molecule has 0 amide bonds. The van der Waals surface area contributed by atoms with E-state index >= 15 is 0 Å². The molecule has 0 unspecified atom stereocenters. The molecule has 20 heavy (non-hydrogen) atoms. The third-order valence-corrected chi connectivity index (χ3v) is 3.24. The van der Waals surface area contributed by atoms with Crippen LogP contribution in [-0.2, 0) is 6.54 Å². The van der Waals surface area contributed by atoms with Crippen LogP contribution >= 0.6 is 0 Å². The van der Waals surface area contributed by atoms with E-state index in [2.05, 4.69) is 36.9 Å². The van der Waals surface area contributed by atoms with Gasteiger partial charge in [0.05, 0.1) is 4.92 Å². The molecular formula is C16H18N2O2. The van der Waals surface area contributed by atoms with E-state index in [-0.39, 0.29) is 10.6 Å². The highest BCUT2D eigenvalue weighted by Crippen LogP contribution is 2.20. The quantitative estimate of drug-likeness (QED) is 0.611. The van der Waals surface area contributed by atoms with Crippen molar-refractivity contribution in [2.24, 2.45) is 0 Å². The first kappa shape index (κ1) is 14.1. The second-order valence-electron chi connectivity index (χ2n) is 4.78. The summed E-state index contributed by atoms with van der Waals surface area (Å²) in [4.78, 5) is 12.7. The van der Waals surface area contributed by atoms with Crippen molar-refractivity contribution in [1.29, 1.82) is 0 Å². The number of nitro groups is 1. The number of benzene rings is 2. The van der Waals surface area contributed by atoms with Crippen LogP contribution in [0.1, 0.15) is 18.1 Å². The molecule has 2 rings (SSSR count). The molecule has 0 radical (unpaired) electrons. The Morgan fingerprint density at radius 3 is 2.55 bits per heavy atom. The summed E-state index contributed by atoms with van der Waals surface area (Å²) in [7, 11) is 0. The van der Waals surface area contributed by atoms with Gasteiger partial charge in [0.25, 0.3) is 5.69 Å². The van der Waals surface area contributed by atoms with Crippen molar-refractivity contribution in [3.63, 3.8) is 0 Å². The van der Waals surface area contributed by atoms with E-state index in [1.54, 1.807) is 12.1 Å². The van der Waals surface area contributed by atoms with E-state index in [1.807, 2.05) is 12.1 Å². The normalized spacial score (nSPS) is 10.3. The molecule has 4 nitrogen and oxygen atoms in total. The number of aryl methyl sites for hydroxylation is 1. The molecule has 0 spiro atoms. The van der Waals surface area contributed by atoms with Crippen LogP contribution in [0, 0.1) is 17.0 Å².